The average Bonchev–Trinajstić information content (AvgIpc) is 2.68. The Morgan fingerprint density at radius 2 is 2.00 bits per heavy atom. The van der Waals surface area contributed by atoms with E-state index in [-0.39, 0.29) is 23.2 Å². The van der Waals surface area contributed by atoms with Crippen molar-refractivity contribution in [3.8, 4) is 5.75 Å². The molecule has 1 aromatic carbocycles. The molecular formula is C22H28N2O3. The minimum Gasteiger partial charge on any atom is -0.467 e. The van der Waals surface area contributed by atoms with Gasteiger partial charge in [0, 0.05) is 31.3 Å². The first-order chi connectivity index (χ1) is 13.0. The fraction of sp³-hybridized carbons (Fsp3) is 0.636. The Morgan fingerprint density at radius 3 is 2.78 bits per heavy atom. The number of carbonyl (C=O) groups excluding carboxylic acids is 2. The molecule has 0 aromatic heterocycles. The van der Waals surface area contributed by atoms with Gasteiger partial charge in [-0.3, -0.25) is 9.59 Å². The molecule has 2 aliphatic heterocycles. The molecule has 0 radical (unpaired) electrons. The molecule has 4 atom stereocenters. The molecule has 1 aromatic rings. The third-order valence-corrected chi connectivity index (χ3v) is 7.47. The van der Waals surface area contributed by atoms with Crippen LogP contribution in [-0.4, -0.2) is 35.5 Å². The Balaban J connectivity index is 1.43. The van der Waals surface area contributed by atoms with E-state index in [1.165, 1.54) is 6.42 Å². The van der Waals surface area contributed by atoms with Gasteiger partial charge < -0.3 is 15.0 Å². The maximum absolute atomic E-state index is 13.3. The number of rotatable bonds is 1. The van der Waals surface area contributed by atoms with Gasteiger partial charge in [-0.25, -0.2) is 0 Å². The lowest BCUT2D eigenvalue weighted by Gasteiger charge is -2.60. The second-order valence-corrected chi connectivity index (χ2v) is 9.18. The summed E-state index contributed by atoms with van der Waals surface area (Å²) in [4.78, 5) is 28.1. The van der Waals surface area contributed by atoms with E-state index in [1.807, 2.05) is 24.3 Å². The van der Waals surface area contributed by atoms with Crippen molar-refractivity contribution in [2.75, 3.05) is 13.1 Å². The van der Waals surface area contributed by atoms with Crippen LogP contribution in [-0.2, 0) is 4.79 Å². The van der Waals surface area contributed by atoms with E-state index in [0.717, 1.165) is 51.6 Å². The number of amides is 2. The van der Waals surface area contributed by atoms with Crippen LogP contribution in [0.1, 0.15) is 62.2 Å². The summed E-state index contributed by atoms with van der Waals surface area (Å²) >= 11 is 0. The maximum atomic E-state index is 13.3. The lowest BCUT2D eigenvalue weighted by atomic mass is 9.52. The summed E-state index contributed by atoms with van der Waals surface area (Å²) < 4.78 is 6.45. The van der Waals surface area contributed by atoms with Gasteiger partial charge in [0.1, 0.15) is 5.75 Å². The molecule has 3 aliphatic carbocycles. The van der Waals surface area contributed by atoms with E-state index in [0.29, 0.717) is 17.2 Å². The Bertz CT molecular complexity index is 788. The van der Waals surface area contributed by atoms with Gasteiger partial charge in [-0.1, -0.05) is 19.1 Å². The Labute approximate surface area is 160 Å². The van der Waals surface area contributed by atoms with Crippen molar-refractivity contribution in [2.45, 2.75) is 57.6 Å². The molecule has 2 heterocycles. The molecule has 4 fully saturated rings. The normalized spacial score (nSPS) is 37.5. The van der Waals surface area contributed by atoms with Gasteiger partial charge >= 0.3 is 0 Å². The molecular weight excluding hydrogens is 340 g/mol. The molecule has 27 heavy (non-hydrogen) atoms. The second-order valence-electron chi connectivity index (χ2n) is 9.18. The number of ether oxygens (including phenoxy) is 1. The van der Waals surface area contributed by atoms with Crippen LogP contribution in [0.5, 0.6) is 5.75 Å². The van der Waals surface area contributed by atoms with Crippen molar-refractivity contribution in [1.82, 2.24) is 10.2 Å². The van der Waals surface area contributed by atoms with Crippen LogP contribution in [0.15, 0.2) is 24.3 Å². The molecule has 6 rings (SSSR count). The van der Waals surface area contributed by atoms with E-state index in [2.05, 4.69) is 17.1 Å². The van der Waals surface area contributed by atoms with Gasteiger partial charge in [-0.15, -0.1) is 0 Å². The highest BCUT2D eigenvalue weighted by Gasteiger charge is 2.62. The molecule has 3 saturated carbocycles. The quantitative estimate of drug-likeness (QED) is 0.827. The minimum atomic E-state index is -0.656. The highest BCUT2D eigenvalue weighted by Crippen LogP contribution is 2.59. The monoisotopic (exact) mass is 368 g/mol. The summed E-state index contributed by atoms with van der Waals surface area (Å²) in [5, 5.41) is 3.20. The first-order valence-electron chi connectivity index (χ1n) is 10.4. The van der Waals surface area contributed by atoms with Gasteiger partial charge in [0.25, 0.3) is 5.91 Å². The largest absolute Gasteiger partial charge is 0.467 e. The number of nitrogens with zero attached hydrogens (tertiary/aromatic N) is 1. The van der Waals surface area contributed by atoms with Crippen LogP contribution in [0.2, 0.25) is 0 Å². The first kappa shape index (κ1) is 17.1. The van der Waals surface area contributed by atoms with Gasteiger partial charge in [-0.2, -0.15) is 0 Å². The van der Waals surface area contributed by atoms with Crippen molar-refractivity contribution in [2.24, 2.45) is 17.3 Å². The summed E-state index contributed by atoms with van der Waals surface area (Å²) in [7, 11) is 0. The maximum Gasteiger partial charge on any atom is 0.258 e. The summed E-state index contributed by atoms with van der Waals surface area (Å²) in [5.41, 5.74) is -0.171. The van der Waals surface area contributed by atoms with Crippen molar-refractivity contribution in [3.05, 3.63) is 29.8 Å². The van der Waals surface area contributed by atoms with E-state index in [1.54, 1.807) is 0 Å². The van der Waals surface area contributed by atoms with Crippen LogP contribution in [0, 0.1) is 17.3 Å². The summed E-state index contributed by atoms with van der Waals surface area (Å²) in [6.45, 7) is 4.04. The molecule has 1 saturated heterocycles. The highest BCUT2D eigenvalue weighted by atomic mass is 16.5. The molecule has 0 unspecified atom stereocenters. The molecule has 1 spiro atoms. The van der Waals surface area contributed by atoms with Crippen molar-refractivity contribution < 1.29 is 14.3 Å². The number of fused-ring (bicyclic) bond motifs is 3. The summed E-state index contributed by atoms with van der Waals surface area (Å²) in [6.07, 6.45) is 7.05. The lowest BCUT2D eigenvalue weighted by molar-refractivity contribution is -0.174. The third kappa shape index (κ3) is 2.58. The number of carbonyl (C=O) groups is 2. The zero-order valence-corrected chi connectivity index (χ0v) is 16.0. The molecule has 2 amide bonds. The van der Waals surface area contributed by atoms with Crippen LogP contribution < -0.4 is 10.1 Å². The Kier molecular flexibility index (Phi) is 3.78. The number of nitrogens with one attached hydrogen (secondary N) is 1. The van der Waals surface area contributed by atoms with Crippen molar-refractivity contribution in [3.63, 3.8) is 0 Å². The number of para-hydroxylation sites is 1. The molecule has 5 heteroatoms. The van der Waals surface area contributed by atoms with Crippen LogP contribution in [0.25, 0.3) is 0 Å². The topological polar surface area (TPSA) is 58.6 Å². The zero-order chi connectivity index (χ0) is 18.6. The van der Waals surface area contributed by atoms with Gasteiger partial charge in [0.2, 0.25) is 5.91 Å². The first-order valence-corrected chi connectivity index (χ1v) is 10.4. The van der Waals surface area contributed by atoms with E-state index in [4.69, 9.17) is 4.74 Å². The van der Waals surface area contributed by atoms with Crippen molar-refractivity contribution in [1.29, 1.82) is 0 Å². The number of piperidine rings is 1. The molecule has 5 aliphatic rings. The number of benzene rings is 1. The predicted octanol–water partition coefficient (Wildman–Crippen LogP) is 3.34. The van der Waals surface area contributed by atoms with E-state index in [9.17, 15) is 9.59 Å². The molecule has 144 valence electrons. The fourth-order valence-corrected chi connectivity index (χ4v) is 5.97. The smallest absolute Gasteiger partial charge is 0.258 e. The third-order valence-electron chi connectivity index (χ3n) is 7.47. The van der Waals surface area contributed by atoms with Crippen LogP contribution in [0.4, 0.5) is 0 Å². The second kappa shape index (κ2) is 5.98. The van der Waals surface area contributed by atoms with Crippen molar-refractivity contribution >= 4 is 11.8 Å². The molecule has 5 nitrogen and oxygen atoms in total. The van der Waals surface area contributed by atoms with E-state index >= 15 is 0 Å². The molecule has 1 N–H and O–H groups in total. The SMILES string of the molecule is C[C@@]12CC[C@@H](C[C@H]1C(=O)N1CCCCC1)[C@@]1(C2)NC(=O)c2ccccc2O1. The van der Waals surface area contributed by atoms with Crippen LogP contribution in [0.3, 0.4) is 0 Å². The highest BCUT2D eigenvalue weighted by molar-refractivity contribution is 5.98. The van der Waals surface area contributed by atoms with Gasteiger partial charge in [0.15, 0.2) is 5.72 Å². The lowest BCUT2D eigenvalue weighted by Crippen LogP contribution is -2.69. The molecule has 2 bridgehead atoms. The fourth-order valence-electron chi connectivity index (χ4n) is 5.97. The standard InChI is InChI=1S/C22H28N2O3/c1-21-10-9-15(13-17(21)20(26)24-11-5-2-6-12-24)22(14-21)23-19(25)16-7-3-4-8-18(16)27-22/h3-4,7-8,15,17H,2,5-6,9-14H2,1H3,(H,23,25)/t15-,17-,21-,22-/m0/s1. The van der Waals surface area contributed by atoms with E-state index < -0.39 is 5.72 Å². The Morgan fingerprint density at radius 1 is 1.22 bits per heavy atom. The average molecular weight is 368 g/mol. The summed E-state index contributed by atoms with van der Waals surface area (Å²) in [5.74, 6) is 1.20. The number of hydrogen-bond acceptors (Lipinski definition) is 3. The zero-order valence-electron chi connectivity index (χ0n) is 16.0. The minimum absolute atomic E-state index is 0.0492. The summed E-state index contributed by atoms with van der Waals surface area (Å²) in [6, 6.07) is 7.47. The Hall–Kier alpha value is -2.04. The number of likely N-dealkylation sites (tertiary alicyclic amines) is 1. The predicted molar refractivity (Wildman–Crippen MR) is 101 cm³/mol. The van der Waals surface area contributed by atoms with Gasteiger partial charge in [-0.05, 0) is 56.1 Å². The number of hydrogen-bond donors (Lipinski definition) is 1. The van der Waals surface area contributed by atoms with Gasteiger partial charge in [0.05, 0.1) is 5.56 Å². The van der Waals surface area contributed by atoms with Crippen LogP contribution >= 0.6 is 0 Å².